The van der Waals surface area contributed by atoms with E-state index in [9.17, 15) is 14.4 Å². The second-order valence-corrected chi connectivity index (χ2v) is 8.90. The summed E-state index contributed by atoms with van der Waals surface area (Å²) in [5, 5.41) is 5.82. The first-order valence-electron chi connectivity index (χ1n) is 10.1. The van der Waals surface area contributed by atoms with Crippen molar-refractivity contribution in [3.8, 4) is 0 Å². The average molecular weight is 408 g/mol. The Bertz CT molecular complexity index is 981. The lowest BCUT2D eigenvalue weighted by Crippen LogP contribution is -2.46. The van der Waals surface area contributed by atoms with Crippen LogP contribution in [0.5, 0.6) is 0 Å². The summed E-state index contributed by atoms with van der Waals surface area (Å²) in [7, 11) is 0. The summed E-state index contributed by atoms with van der Waals surface area (Å²) in [6, 6.07) is 14.4. The number of amides is 3. The molecule has 3 amide bonds. The SMILES string of the molecule is Cc1ccc(C(=O)Nc2cccc(NC(=O)[C@]3(C)CC[C@H](C(N)=O)C3(C)C)c2)cc1. The lowest BCUT2D eigenvalue weighted by molar-refractivity contribution is -0.133. The Labute approximate surface area is 177 Å². The smallest absolute Gasteiger partial charge is 0.255 e. The second-order valence-electron chi connectivity index (χ2n) is 8.90. The number of carbonyl (C=O) groups excluding carboxylic acids is 3. The molecule has 1 fully saturated rings. The molecule has 1 saturated carbocycles. The fraction of sp³-hybridized carbons (Fsp3) is 0.375. The second kappa shape index (κ2) is 7.94. The molecule has 0 heterocycles. The Kier molecular flexibility index (Phi) is 5.70. The van der Waals surface area contributed by atoms with Gasteiger partial charge in [-0.1, -0.05) is 44.5 Å². The largest absolute Gasteiger partial charge is 0.369 e. The van der Waals surface area contributed by atoms with E-state index in [-0.39, 0.29) is 23.6 Å². The van der Waals surface area contributed by atoms with E-state index in [1.54, 1.807) is 36.4 Å². The van der Waals surface area contributed by atoms with Gasteiger partial charge in [-0.25, -0.2) is 0 Å². The third kappa shape index (κ3) is 3.95. The highest BCUT2D eigenvalue weighted by atomic mass is 16.2. The fourth-order valence-corrected chi connectivity index (χ4v) is 4.26. The molecule has 30 heavy (non-hydrogen) atoms. The highest BCUT2D eigenvalue weighted by molar-refractivity contribution is 6.05. The summed E-state index contributed by atoms with van der Waals surface area (Å²) >= 11 is 0. The van der Waals surface area contributed by atoms with Gasteiger partial charge in [-0.05, 0) is 55.5 Å². The predicted molar refractivity (Wildman–Crippen MR) is 118 cm³/mol. The van der Waals surface area contributed by atoms with E-state index >= 15 is 0 Å². The van der Waals surface area contributed by atoms with Crippen molar-refractivity contribution in [1.82, 2.24) is 0 Å². The van der Waals surface area contributed by atoms with Gasteiger partial charge in [-0.15, -0.1) is 0 Å². The van der Waals surface area contributed by atoms with Crippen LogP contribution in [0.15, 0.2) is 48.5 Å². The molecular formula is C24H29N3O3. The number of hydrogen-bond donors (Lipinski definition) is 3. The average Bonchev–Trinajstić information content (AvgIpc) is 2.93. The van der Waals surface area contributed by atoms with Crippen LogP contribution >= 0.6 is 0 Å². The molecule has 158 valence electrons. The molecular weight excluding hydrogens is 378 g/mol. The van der Waals surface area contributed by atoms with E-state index in [1.807, 2.05) is 39.8 Å². The van der Waals surface area contributed by atoms with Crippen LogP contribution in [0.4, 0.5) is 11.4 Å². The summed E-state index contributed by atoms with van der Waals surface area (Å²) in [6.07, 6.45) is 1.18. The van der Waals surface area contributed by atoms with E-state index < -0.39 is 10.8 Å². The maximum Gasteiger partial charge on any atom is 0.255 e. The Balaban J connectivity index is 1.73. The van der Waals surface area contributed by atoms with Crippen molar-refractivity contribution in [2.24, 2.45) is 22.5 Å². The van der Waals surface area contributed by atoms with Gasteiger partial charge in [0.15, 0.2) is 0 Å². The standard InChI is InChI=1S/C24H29N3O3/c1-15-8-10-16(11-9-15)21(29)26-17-6-5-7-18(14-17)27-22(30)24(4)13-12-19(20(25)28)23(24,2)3/h5-11,14,19H,12-13H2,1-4H3,(H2,25,28)(H,26,29)(H,27,30)/t19-,24+/m1/s1. The maximum absolute atomic E-state index is 13.2. The van der Waals surface area contributed by atoms with Gasteiger partial charge in [0.2, 0.25) is 11.8 Å². The summed E-state index contributed by atoms with van der Waals surface area (Å²) < 4.78 is 0. The predicted octanol–water partition coefficient (Wildman–Crippen LogP) is 4.11. The Morgan fingerprint density at radius 3 is 2.13 bits per heavy atom. The van der Waals surface area contributed by atoms with E-state index in [4.69, 9.17) is 5.73 Å². The molecule has 2 aromatic rings. The van der Waals surface area contributed by atoms with Crippen LogP contribution in [0, 0.1) is 23.7 Å². The lowest BCUT2D eigenvalue weighted by Gasteiger charge is -2.39. The summed E-state index contributed by atoms with van der Waals surface area (Å²) in [6.45, 7) is 7.69. The summed E-state index contributed by atoms with van der Waals surface area (Å²) in [5.74, 6) is -1.07. The summed E-state index contributed by atoms with van der Waals surface area (Å²) in [4.78, 5) is 37.4. The minimum Gasteiger partial charge on any atom is -0.369 e. The molecule has 6 nitrogen and oxygen atoms in total. The molecule has 3 rings (SSSR count). The zero-order valence-corrected chi connectivity index (χ0v) is 17.9. The number of benzene rings is 2. The number of aryl methyl sites for hydroxylation is 1. The van der Waals surface area contributed by atoms with Gasteiger partial charge in [-0.2, -0.15) is 0 Å². The van der Waals surface area contributed by atoms with Gasteiger partial charge in [-0.3, -0.25) is 14.4 Å². The Morgan fingerprint density at radius 2 is 1.57 bits per heavy atom. The van der Waals surface area contributed by atoms with Crippen LogP contribution in [0.25, 0.3) is 0 Å². The molecule has 0 aliphatic heterocycles. The molecule has 6 heteroatoms. The molecule has 0 spiro atoms. The number of carbonyl (C=O) groups is 3. The van der Waals surface area contributed by atoms with Crippen molar-refractivity contribution in [2.75, 3.05) is 10.6 Å². The van der Waals surface area contributed by atoms with Crippen LogP contribution in [0.3, 0.4) is 0 Å². The zero-order chi connectivity index (χ0) is 22.1. The third-order valence-electron chi connectivity index (χ3n) is 6.76. The van der Waals surface area contributed by atoms with Crippen LogP contribution in [0.2, 0.25) is 0 Å². The van der Waals surface area contributed by atoms with Crippen LogP contribution in [-0.2, 0) is 9.59 Å². The van der Waals surface area contributed by atoms with Gasteiger partial charge in [0.1, 0.15) is 0 Å². The molecule has 0 radical (unpaired) electrons. The van der Waals surface area contributed by atoms with Crippen LogP contribution < -0.4 is 16.4 Å². The fourth-order valence-electron chi connectivity index (χ4n) is 4.26. The van der Waals surface area contributed by atoms with Crippen molar-refractivity contribution >= 4 is 29.1 Å². The van der Waals surface area contributed by atoms with Crippen molar-refractivity contribution in [2.45, 2.75) is 40.5 Å². The monoisotopic (exact) mass is 407 g/mol. The number of rotatable bonds is 5. The van der Waals surface area contributed by atoms with Gasteiger partial charge in [0.05, 0.1) is 5.41 Å². The normalized spacial score (nSPS) is 22.3. The number of hydrogen-bond acceptors (Lipinski definition) is 3. The topological polar surface area (TPSA) is 101 Å². The minimum absolute atomic E-state index is 0.154. The molecule has 0 aromatic heterocycles. The van der Waals surface area contributed by atoms with Gasteiger partial charge in [0, 0.05) is 22.9 Å². The highest BCUT2D eigenvalue weighted by Crippen LogP contribution is 2.56. The molecule has 4 N–H and O–H groups in total. The Hall–Kier alpha value is -3.15. The van der Waals surface area contributed by atoms with Crippen LogP contribution in [-0.4, -0.2) is 17.7 Å². The first-order valence-corrected chi connectivity index (χ1v) is 10.1. The van der Waals surface area contributed by atoms with Crippen LogP contribution in [0.1, 0.15) is 49.5 Å². The molecule has 0 unspecified atom stereocenters. The van der Waals surface area contributed by atoms with Crippen molar-refractivity contribution in [1.29, 1.82) is 0 Å². The van der Waals surface area contributed by atoms with E-state index in [0.717, 1.165) is 5.56 Å². The van der Waals surface area contributed by atoms with Gasteiger partial charge in [0.25, 0.3) is 5.91 Å². The minimum atomic E-state index is -0.728. The third-order valence-corrected chi connectivity index (χ3v) is 6.76. The van der Waals surface area contributed by atoms with Gasteiger partial charge < -0.3 is 16.4 Å². The van der Waals surface area contributed by atoms with E-state index in [2.05, 4.69) is 10.6 Å². The molecule has 2 atom stereocenters. The first kappa shape index (κ1) is 21.6. The van der Waals surface area contributed by atoms with Crippen molar-refractivity contribution in [3.63, 3.8) is 0 Å². The van der Waals surface area contributed by atoms with Crippen molar-refractivity contribution < 1.29 is 14.4 Å². The quantitative estimate of drug-likeness (QED) is 0.695. The number of primary amides is 1. The molecule has 1 aliphatic rings. The van der Waals surface area contributed by atoms with Gasteiger partial charge >= 0.3 is 0 Å². The first-order chi connectivity index (χ1) is 14.0. The number of nitrogens with two attached hydrogens (primary N) is 1. The molecule has 0 bridgehead atoms. The zero-order valence-electron chi connectivity index (χ0n) is 17.9. The maximum atomic E-state index is 13.2. The van der Waals surface area contributed by atoms with Crippen molar-refractivity contribution in [3.05, 3.63) is 59.7 Å². The summed E-state index contributed by atoms with van der Waals surface area (Å²) in [5.41, 5.74) is 7.09. The molecule has 2 aromatic carbocycles. The van der Waals surface area contributed by atoms with E-state index in [1.165, 1.54) is 0 Å². The lowest BCUT2D eigenvalue weighted by atomic mass is 9.65. The number of nitrogens with one attached hydrogen (secondary N) is 2. The molecule has 1 aliphatic carbocycles. The number of anilines is 2. The highest BCUT2D eigenvalue weighted by Gasteiger charge is 2.57. The van der Waals surface area contributed by atoms with E-state index in [0.29, 0.717) is 29.8 Å². The Morgan fingerprint density at radius 1 is 0.967 bits per heavy atom. The molecule has 0 saturated heterocycles.